The van der Waals surface area contributed by atoms with Gasteiger partial charge in [-0.15, -0.1) is 0 Å². The van der Waals surface area contributed by atoms with Crippen LogP contribution in [0.25, 0.3) is 0 Å². The smallest absolute Gasteiger partial charge is 0.303 e. The summed E-state index contributed by atoms with van der Waals surface area (Å²) in [5, 5.41) is 12.9. The van der Waals surface area contributed by atoms with Crippen LogP contribution in [-0.2, 0) is 4.79 Å². The summed E-state index contributed by atoms with van der Waals surface area (Å²) in [5.74, 6) is -0.550. The second-order valence-electron chi connectivity index (χ2n) is 4.13. The van der Waals surface area contributed by atoms with E-state index in [9.17, 15) is 4.79 Å². The van der Waals surface area contributed by atoms with Gasteiger partial charge in [0, 0.05) is 11.1 Å². The zero-order valence-corrected chi connectivity index (χ0v) is 9.57. The van der Waals surface area contributed by atoms with Crippen LogP contribution in [0, 0.1) is 5.92 Å². The summed E-state index contributed by atoms with van der Waals surface area (Å²) in [6.07, 6.45) is 1.14. The topological polar surface area (TPSA) is 49.3 Å². The van der Waals surface area contributed by atoms with Crippen molar-refractivity contribution < 1.29 is 9.90 Å². The van der Waals surface area contributed by atoms with Crippen LogP contribution in [0.3, 0.4) is 0 Å². The van der Waals surface area contributed by atoms with E-state index in [0.717, 1.165) is 18.5 Å². The van der Waals surface area contributed by atoms with Crippen molar-refractivity contribution in [3.63, 3.8) is 0 Å². The minimum Gasteiger partial charge on any atom is -0.481 e. The van der Waals surface area contributed by atoms with Gasteiger partial charge in [0.2, 0.25) is 0 Å². The van der Waals surface area contributed by atoms with Crippen LogP contribution < -0.4 is 5.32 Å². The Morgan fingerprint density at radius 1 is 1.44 bits per heavy atom. The summed E-state index contributed by atoms with van der Waals surface area (Å²) in [7, 11) is 0. The molecule has 86 valence electrons. The van der Waals surface area contributed by atoms with Crippen LogP contribution in [0.15, 0.2) is 24.3 Å². The van der Waals surface area contributed by atoms with Gasteiger partial charge in [-0.1, -0.05) is 23.7 Å². The first-order chi connectivity index (χ1) is 7.66. The van der Waals surface area contributed by atoms with E-state index in [2.05, 4.69) is 5.32 Å². The number of hydrogen-bond acceptors (Lipinski definition) is 2. The van der Waals surface area contributed by atoms with Crippen LogP contribution >= 0.6 is 11.6 Å². The maximum atomic E-state index is 10.7. The number of hydrogen-bond donors (Lipinski definition) is 2. The number of rotatable bonds is 3. The van der Waals surface area contributed by atoms with E-state index in [-0.39, 0.29) is 18.4 Å². The van der Waals surface area contributed by atoms with Crippen molar-refractivity contribution in [2.45, 2.75) is 18.9 Å². The fourth-order valence-electron chi connectivity index (χ4n) is 2.26. The molecule has 0 radical (unpaired) electrons. The first kappa shape index (κ1) is 11.4. The number of nitrogens with one attached hydrogen (secondary N) is 1. The first-order valence-corrected chi connectivity index (χ1v) is 5.75. The highest BCUT2D eigenvalue weighted by molar-refractivity contribution is 6.30. The fourth-order valence-corrected chi connectivity index (χ4v) is 2.39. The average Bonchev–Trinajstić information content (AvgIpc) is 2.66. The molecule has 0 aromatic heterocycles. The fraction of sp³-hybridized carbons (Fsp3) is 0.417. The number of halogens is 1. The maximum Gasteiger partial charge on any atom is 0.303 e. The van der Waals surface area contributed by atoms with Gasteiger partial charge in [0.05, 0.1) is 6.42 Å². The molecule has 0 bridgehead atoms. The molecule has 2 atom stereocenters. The SMILES string of the molecule is O=C(O)CC1CCNC1c1ccc(Cl)cc1. The summed E-state index contributed by atoms with van der Waals surface area (Å²) < 4.78 is 0. The molecule has 1 aliphatic rings. The Bertz CT molecular complexity index is 377. The molecule has 2 rings (SSSR count). The Balaban J connectivity index is 2.13. The van der Waals surface area contributed by atoms with E-state index < -0.39 is 5.97 Å². The quantitative estimate of drug-likeness (QED) is 0.852. The lowest BCUT2D eigenvalue weighted by atomic mass is 9.91. The molecular formula is C12H14ClNO2. The van der Waals surface area contributed by atoms with Crippen LogP contribution in [-0.4, -0.2) is 17.6 Å². The number of aliphatic carboxylic acids is 1. The van der Waals surface area contributed by atoms with Crippen LogP contribution in [0.2, 0.25) is 5.02 Å². The third-order valence-corrected chi connectivity index (χ3v) is 3.27. The lowest BCUT2D eigenvalue weighted by Crippen LogP contribution is -2.19. The summed E-state index contributed by atoms with van der Waals surface area (Å²) >= 11 is 5.82. The predicted molar refractivity (Wildman–Crippen MR) is 62.6 cm³/mol. The molecule has 0 aliphatic carbocycles. The van der Waals surface area contributed by atoms with Gasteiger partial charge in [0.1, 0.15) is 0 Å². The molecule has 1 fully saturated rings. The van der Waals surface area contributed by atoms with Gasteiger partial charge in [0.15, 0.2) is 0 Å². The van der Waals surface area contributed by atoms with Crippen molar-refractivity contribution in [2.24, 2.45) is 5.92 Å². The van der Waals surface area contributed by atoms with Gasteiger partial charge in [-0.2, -0.15) is 0 Å². The Morgan fingerprint density at radius 3 is 2.75 bits per heavy atom. The second kappa shape index (κ2) is 4.85. The molecule has 4 heteroatoms. The highest BCUT2D eigenvalue weighted by Gasteiger charge is 2.29. The van der Waals surface area contributed by atoms with E-state index in [0.29, 0.717) is 5.02 Å². The molecule has 1 aliphatic heterocycles. The number of carbonyl (C=O) groups is 1. The lowest BCUT2D eigenvalue weighted by Gasteiger charge is -2.18. The van der Waals surface area contributed by atoms with Gasteiger partial charge in [0.25, 0.3) is 0 Å². The minimum atomic E-state index is -0.729. The van der Waals surface area contributed by atoms with Gasteiger partial charge >= 0.3 is 5.97 Å². The highest BCUT2D eigenvalue weighted by atomic mass is 35.5. The summed E-state index contributed by atoms with van der Waals surface area (Å²) in [6, 6.07) is 7.75. The molecule has 2 unspecified atom stereocenters. The van der Waals surface area contributed by atoms with Crippen LogP contribution in [0.4, 0.5) is 0 Å². The van der Waals surface area contributed by atoms with Gasteiger partial charge in [-0.3, -0.25) is 4.79 Å². The van der Waals surface area contributed by atoms with Crippen molar-refractivity contribution in [3.05, 3.63) is 34.9 Å². The molecule has 1 aromatic rings. The van der Waals surface area contributed by atoms with E-state index >= 15 is 0 Å². The monoisotopic (exact) mass is 239 g/mol. The summed E-state index contributed by atoms with van der Waals surface area (Å²) in [5.41, 5.74) is 1.12. The maximum absolute atomic E-state index is 10.7. The van der Waals surface area contributed by atoms with Crippen molar-refractivity contribution in [1.29, 1.82) is 0 Å². The Morgan fingerprint density at radius 2 is 2.12 bits per heavy atom. The van der Waals surface area contributed by atoms with Crippen LogP contribution in [0.5, 0.6) is 0 Å². The number of carboxylic acid groups (broad SMARTS) is 1. The third kappa shape index (κ3) is 2.54. The van der Waals surface area contributed by atoms with Gasteiger partial charge in [-0.25, -0.2) is 0 Å². The van der Waals surface area contributed by atoms with E-state index in [4.69, 9.17) is 16.7 Å². The van der Waals surface area contributed by atoms with Crippen molar-refractivity contribution in [3.8, 4) is 0 Å². The van der Waals surface area contributed by atoms with E-state index in [1.807, 2.05) is 24.3 Å². The summed E-state index contributed by atoms with van der Waals surface area (Å²) in [6.45, 7) is 0.880. The number of carboxylic acids is 1. The Labute approximate surface area is 99.4 Å². The number of benzene rings is 1. The Hall–Kier alpha value is -1.06. The lowest BCUT2D eigenvalue weighted by molar-refractivity contribution is -0.138. The Kier molecular flexibility index (Phi) is 3.46. The molecule has 1 heterocycles. The average molecular weight is 240 g/mol. The molecule has 2 N–H and O–H groups in total. The minimum absolute atomic E-state index is 0.147. The van der Waals surface area contributed by atoms with E-state index in [1.54, 1.807) is 0 Å². The highest BCUT2D eigenvalue weighted by Crippen LogP contribution is 2.32. The molecular weight excluding hydrogens is 226 g/mol. The summed E-state index contributed by atoms with van der Waals surface area (Å²) in [4.78, 5) is 10.7. The van der Waals surface area contributed by atoms with Gasteiger partial charge < -0.3 is 10.4 Å². The second-order valence-corrected chi connectivity index (χ2v) is 4.57. The van der Waals surface area contributed by atoms with Crippen molar-refractivity contribution in [2.75, 3.05) is 6.54 Å². The van der Waals surface area contributed by atoms with Crippen LogP contribution in [0.1, 0.15) is 24.4 Å². The standard InChI is InChI=1S/C12H14ClNO2/c13-10-3-1-8(2-4-10)12-9(5-6-14-12)7-11(15)16/h1-4,9,12,14H,5-7H2,(H,15,16). The zero-order valence-electron chi connectivity index (χ0n) is 8.82. The predicted octanol–water partition coefficient (Wildman–Crippen LogP) is 2.47. The van der Waals surface area contributed by atoms with Crippen molar-refractivity contribution in [1.82, 2.24) is 5.32 Å². The third-order valence-electron chi connectivity index (χ3n) is 3.02. The van der Waals surface area contributed by atoms with Gasteiger partial charge in [-0.05, 0) is 36.6 Å². The molecule has 1 saturated heterocycles. The molecule has 0 amide bonds. The van der Waals surface area contributed by atoms with Crippen molar-refractivity contribution >= 4 is 17.6 Å². The first-order valence-electron chi connectivity index (χ1n) is 5.37. The molecule has 16 heavy (non-hydrogen) atoms. The van der Waals surface area contributed by atoms with E-state index in [1.165, 1.54) is 0 Å². The largest absolute Gasteiger partial charge is 0.481 e. The normalized spacial score (nSPS) is 24.6. The molecule has 0 saturated carbocycles. The molecule has 1 aromatic carbocycles. The molecule has 0 spiro atoms. The molecule has 3 nitrogen and oxygen atoms in total. The zero-order chi connectivity index (χ0) is 11.5.